The number of anilines is 1. The van der Waals surface area contributed by atoms with Crippen LogP contribution in [-0.4, -0.2) is 26.9 Å². The highest BCUT2D eigenvalue weighted by Gasteiger charge is 2.31. The second kappa shape index (κ2) is 8.28. The van der Waals surface area contributed by atoms with Gasteiger partial charge in [0.1, 0.15) is 0 Å². The molecule has 0 saturated heterocycles. The second-order valence-corrected chi connectivity index (χ2v) is 9.72. The van der Waals surface area contributed by atoms with Gasteiger partial charge >= 0.3 is 0 Å². The van der Waals surface area contributed by atoms with E-state index >= 15 is 0 Å². The summed E-state index contributed by atoms with van der Waals surface area (Å²) >= 11 is 0. The van der Waals surface area contributed by atoms with Gasteiger partial charge in [0.05, 0.1) is 10.8 Å². The Kier molecular flexibility index (Phi) is 5.74. The van der Waals surface area contributed by atoms with Crippen LogP contribution in [0.15, 0.2) is 53.4 Å². The van der Waals surface area contributed by atoms with Gasteiger partial charge in [-0.15, -0.1) is 0 Å². The molecule has 1 heterocycles. The number of nitrogens with one attached hydrogen (secondary N) is 1. The van der Waals surface area contributed by atoms with Gasteiger partial charge in [-0.1, -0.05) is 50.1 Å². The first-order valence-corrected chi connectivity index (χ1v) is 12.0. The summed E-state index contributed by atoms with van der Waals surface area (Å²) < 4.78 is 28.3. The number of hydrogen-bond acceptors (Lipinski definition) is 3. The van der Waals surface area contributed by atoms with Crippen molar-refractivity contribution in [1.82, 2.24) is 4.72 Å². The molecule has 5 nitrogen and oxygen atoms in total. The monoisotopic (exact) mass is 412 g/mol. The first-order valence-electron chi connectivity index (χ1n) is 10.5. The van der Waals surface area contributed by atoms with Gasteiger partial charge in [-0.05, 0) is 55.0 Å². The van der Waals surface area contributed by atoms with Gasteiger partial charge in [0.2, 0.25) is 15.9 Å². The number of nitrogens with zero attached hydrogens (tertiary/aromatic N) is 1. The highest BCUT2D eigenvalue weighted by molar-refractivity contribution is 7.89. The van der Waals surface area contributed by atoms with Crippen LogP contribution in [0.3, 0.4) is 0 Å². The maximum absolute atomic E-state index is 13.2. The minimum atomic E-state index is -3.52. The average Bonchev–Trinajstić information content (AvgIpc) is 3.38. The molecule has 2 aromatic rings. The fourth-order valence-corrected chi connectivity index (χ4v) is 5.89. The molecule has 6 heteroatoms. The van der Waals surface area contributed by atoms with Gasteiger partial charge in [-0.3, -0.25) is 4.79 Å². The number of fused-ring (bicyclic) bond motifs is 1. The number of carbonyl (C=O) groups excluding carboxylic acids is 1. The summed E-state index contributed by atoms with van der Waals surface area (Å²) in [6.07, 6.45) is 5.38. The molecule has 154 valence electrons. The van der Waals surface area contributed by atoms with E-state index in [1.165, 1.54) is 0 Å². The van der Waals surface area contributed by atoms with Crippen LogP contribution in [0.5, 0.6) is 0 Å². The lowest BCUT2D eigenvalue weighted by molar-refractivity contribution is -0.120. The number of rotatable bonds is 6. The topological polar surface area (TPSA) is 66.5 Å². The summed E-state index contributed by atoms with van der Waals surface area (Å²) in [5.74, 6) is -0.105. The van der Waals surface area contributed by atoms with Crippen LogP contribution in [0.25, 0.3) is 0 Å². The molecule has 1 fully saturated rings. The van der Waals surface area contributed by atoms with E-state index in [0.717, 1.165) is 48.9 Å². The minimum absolute atomic E-state index is 0.0440. The number of amides is 1. The van der Waals surface area contributed by atoms with Crippen molar-refractivity contribution < 1.29 is 13.2 Å². The normalized spacial score (nSPS) is 18.0. The van der Waals surface area contributed by atoms with Crippen molar-refractivity contribution in [1.29, 1.82) is 0 Å². The molecule has 1 N–H and O–H groups in total. The first kappa shape index (κ1) is 20.1. The molecule has 0 unspecified atom stereocenters. The number of benzene rings is 2. The van der Waals surface area contributed by atoms with E-state index in [2.05, 4.69) is 4.72 Å². The van der Waals surface area contributed by atoms with Crippen LogP contribution < -0.4 is 9.62 Å². The molecule has 1 atom stereocenters. The zero-order valence-electron chi connectivity index (χ0n) is 16.8. The molecular weight excluding hydrogens is 384 g/mol. The zero-order valence-corrected chi connectivity index (χ0v) is 17.6. The number of hydrogen-bond donors (Lipinski definition) is 1. The molecule has 2 aromatic carbocycles. The Hall–Kier alpha value is -2.18. The van der Waals surface area contributed by atoms with E-state index in [-0.39, 0.29) is 17.9 Å². The third-order valence-corrected chi connectivity index (χ3v) is 7.63. The van der Waals surface area contributed by atoms with Crippen molar-refractivity contribution in [3.8, 4) is 0 Å². The van der Waals surface area contributed by atoms with Crippen LogP contribution in [-0.2, 0) is 21.2 Å². The summed E-state index contributed by atoms with van der Waals surface area (Å²) in [7, 11) is -3.52. The molecule has 0 spiro atoms. The fraction of sp³-hybridized carbons (Fsp3) is 0.435. The van der Waals surface area contributed by atoms with Gasteiger partial charge in [0.15, 0.2) is 0 Å². The van der Waals surface area contributed by atoms with Gasteiger partial charge in [-0.25, -0.2) is 13.1 Å². The Morgan fingerprint density at radius 3 is 2.55 bits per heavy atom. The predicted molar refractivity (Wildman–Crippen MR) is 115 cm³/mol. The molecule has 0 bridgehead atoms. The van der Waals surface area contributed by atoms with Crippen LogP contribution in [0.4, 0.5) is 5.69 Å². The third-order valence-electron chi connectivity index (χ3n) is 6.11. The minimum Gasteiger partial charge on any atom is -0.311 e. The molecule has 1 aliphatic carbocycles. The number of sulfonamides is 1. The summed E-state index contributed by atoms with van der Waals surface area (Å²) in [6.45, 7) is 2.62. The maximum atomic E-state index is 13.2. The van der Waals surface area contributed by atoms with Crippen molar-refractivity contribution in [3.05, 3.63) is 59.7 Å². The molecule has 0 aromatic heterocycles. The van der Waals surface area contributed by atoms with E-state index in [4.69, 9.17) is 0 Å². The smallest absolute Gasteiger partial charge is 0.240 e. The Balaban J connectivity index is 1.56. The summed E-state index contributed by atoms with van der Waals surface area (Å²) in [5, 5.41) is 0. The largest absolute Gasteiger partial charge is 0.311 e. The average molecular weight is 413 g/mol. The van der Waals surface area contributed by atoms with E-state index in [1.54, 1.807) is 18.2 Å². The lowest BCUT2D eigenvalue weighted by Crippen LogP contribution is -2.34. The Labute approximate surface area is 173 Å². The van der Waals surface area contributed by atoms with Crippen LogP contribution in [0.2, 0.25) is 0 Å². The van der Waals surface area contributed by atoms with Crippen LogP contribution >= 0.6 is 0 Å². The lowest BCUT2D eigenvalue weighted by Gasteiger charge is -2.24. The second-order valence-electron chi connectivity index (χ2n) is 8.00. The van der Waals surface area contributed by atoms with Gasteiger partial charge < -0.3 is 4.90 Å². The summed E-state index contributed by atoms with van der Waals surface area (Å²) in [5.41, 5.74) is 2.79. The van der Waals surface area contributed by atoms with E-state index < -0.39 is 10.0 Å². The van der Waals surface area contributed by atoms with Gasteiger partial charge in [0, 0.05) is 18.3 Å². The predicted octanol–water partition coefficient (Wildman–Crippen LogP) is 3.99. The van der Waals surface area contributed by atoms with Crippen LogP contribution in [0, 0.1) is 0 Å². The van der Waals surface area contributed by atoms with Crippen molar-refractivity contribution >= 4 is 21.6 Å². The van der Waals surface area contributed by atoms with E-state index in [1.807, 2.05) is 42.2 Å². The van der Waals surface area contributed by atoms with Crippen molar-refractivity contribution in [2.24, 2.45) is 0 Å². The molecular formula is C23H28N2O3S. The highest BCUT2D eigenvalue weighted by atomic mass is 32.2. The first-order chi connectivity index (χ1) is 14.0. The quantitative estimate of drug-likeness (QED) is 0.780. The standard InChI is InChI=1S/C23H28N2O3S/c1-2-21(17-8-4-3-5-9-17)23(26)25-15-14-18-16-20(12-13-22(18)25)29(27,28)24-19-10-6-7-11-19/h3-5,8-9,12-13,16,19,21,24H,2,6-7,10-11,14-15H2,1H3/t21-/m0/s1. The van der Waals surface area contributed by atoms with E-state index in [0.29, 0.717) is 17.9 Å². The van der Waals surface area contributed by atoms with Crippen molar-refractivity contribution in [2.45, 2.75) is 62.3 Å². The number of carbonyl (C=O) groups is 1. The molecule has 29 heavy (non-hydrogen) atoms. The Bertz CT molecular complexity index is 982. The Morgan fingerprint density at radius 2 is 1.86 bits per heavy atom. The van der Waals surface area contributed by atoms with Crippen molar-refractivity contribution in [2.75, 3.05) is 11.4 Å². The van der Waals surface area contributed by atoms with Gasteiger partial charge in [0.25, 0.3) is 0 Å². The molecule has 1 saturated carbocycles. The van der Waals surface area contributed by atoms with Crippen LogP contribution in [0.1, 0.15) is 56.1 Å². The van der Waals surface area contributed by atoms with Crippen molar-refractivity contribution in [3.63, 3.8) is 0 Å². The Morgan fingerprint density at radius 1 is 1.14 bits per heavy atom. The molecule has 1 amide bonds. The lowest BCUT2D eigenvalue weighted by atomic mass is 9.95. The fourth-order valence-electron chi connectivity index (χ4n) is 4.53. The molecule has 0 radical (unpaired) electrons. The SMILES string of the molecule is CC[C@H](C(=O)N1CCc2cc(S(=O)(=O)NC3CCCC3)ccc21)c1ccccc1. The third kappa shape index (κ3) is 4.09. The van der Waals surface area contributed by atoms with Gasteiger partial charge in [-0.2, -0.15) is 0 Å². The maximum Gasteiger partial charge on any atom is 0.240 e. The molecule has 1 aliphatic heterocycles. The zero-order chi connectivity index (χ0) is 20.4. The summed E-state index contributed by atoms with van der Waals surface area (Å²) in [4.78, 5) is 15.4. The highest BCUT2D eigenvalue weighted by Crippen LogP contribution is 2.34. The van der Waals surface area contributed by atoms with E-state index in [9.17, 15) is 13.2 Å². The molecule has 2 aliphatic rings. The molecule has 4 rings (SSSR count). The summed E-state index contributed by atoms with van der Waals surface area (Å²) in [6, 6.07) is 15.1.